The van der Waals surface area contributed by atoms with Gasteiger partial charge in [-0.15, -0.1) is 0 Å². The molecule has 21 heavy (non-hydrogen) atoms. The molecule has 1 fully saturated rings. The number of nitrogens with one attached hydrogen (secondary N) is 1. The van der Waals surface area contributed by atoms with Gasteiger partial charge in [0.05, 0.1) is 6.10 Å². The molecule has 1 heterocycles. The molecule has 1 saturated heterocycles. The monoisotopic (exact) mass is 290 g/mol. The van der Waals surface area contributed by atoms with E-state index in [1.54, 1.807) is 0 Å². The molecule has 1 aliphatic heterocycles. The molecule has 0 amide bonds. The molecule has 0 bridgehead atoms. The maximum absolute atomic E-state index is 5.79. The maximum atomic E-state index is 5.79. The summed E-state index contributed by atoms with van der Waals surface area (Å²) in [5.41, 5.74) is 2.81. The number of para-hydroxylation sites is 1. The molecule has 1 aromatic rings. The molecule has 1 aliphatic rings. The molecule has 2 rings (SSSR count). The van der Waals surface area contributed by atoms with Crippen molar-refractivity contribution < 1.29 is 4.74 Å². The SMILES string of the molecule is CCCNC(CC)c1ccccc1N1CCCOC(C)C1. The molecule has 1 aromatic carbocycles. The molecular weight excluding hydrogens is 260 g/mol. The van der Waals surface area contributed by atoms with Crippen LogP contribution in [0.5, 0.6) is 0 Å². The molecule has 0 radical (unpaired) electrons. The van der Waals surface area contributed by atoms with E-state index in [1.807, 2.05) is 0 Å². The highest BCUT2D eigenvalue weighted by Crippen LogP contribution is 2.29. The lowest BCUT2D eigenvalue weighted by atomic mass is 10.0. The van der Waals surface area contributed by atoms with Gasteiger partial charge in [-0.1, -0.05) is 32.0 Å². The quantitative estimate of drug-likeness (QED) is 0.863. The Kier molecular flexibility index (Phi) is 6.52. The van der Waals surface area contributed by atoms with Crippen molar-refractivity contribution >= 4 is 5.69 Å². The zero-order chi connectivity index (χ0) is 15.1. The molecular formula is C18H30N2O. The average Bonchev–Trinajstić information content (AvgIpc) is 2.73. The third-order valence-corrected chi connectivity index (χ3v) is 4.15. The number of hydrogen-bond acceptors (Lipinski definition) is 3. The molecule has 118 valence electrons. The largest absolute Gasteiger partial charge is 0.377 e. The number of hydrogen-bond donors (Lipinski definition) is 1. The summed E-state index contributed by atoms with van der Waals surface area (Å²) in [6.45, 7) is 10.7. The molecule has 0 aromatic heterocycles. The van der Waals surface area contributed by atoms with Crippen molar-refractivity contribution in [2.75, 3.05) is 31.1 Å². The first kappa shape index (κ1) is 16.3. The topological polar surface area (TPSA) is 24.5 Å². The van der Waals surface area contributed by atoms with Crippen LogP contribution < -0.4 is 10.2 Å². The molecule has 2 atom stereocenters. The molecule has 2 unspecified atom stereocenters. The van der Waals surface area contributed by atoms with E-state index in [4.69, 9.17) is 4.74 Å². The lowest BCUT2D eigenvalue weighted by Gasteiger charge is -2.29. The van der Waals surface area contributed by atoms with E-state index in [9.17, 15) is 0 Å². The lowest BCUT2D eigenvalue weighted by molar-refractivity contribution is 0.0820. The van der Waals surface area contributed by atoms with Crippen molar-refractivity contribution in [3.8, 4) is 0 Å². The zero-order valence-corrected chi connectivity index (χ0v) is 13.8. The number of anilines is 1. The lowest BCUT2D eigenvalue weighted by Crippen LogP contribution is -2.32. The van der Waals surface area contributed by atoms with Gasteiger partial charge < -0.3 is 15.0 Å². The van der Waals surface area contributed by atoms with Gasteiger partial charge in [-0.05, 0) is 44.4 Å². The normalized spacial score (nSPS) is 21.1. The minimum atomic E-state index is 0.309. The van der Waals surface area contributed by atoms with Crippen molar-refractivity contribution in [2.24, 2.45) is 0 Å². The van der Waals surface area contributed by atoms with Crippen LogP contribution in [0.1, 0.15) is 51.6 Å². The van der Waals surface area contributed by atoms with Gasteiger partial charge in [-0.3, -0.25) is 0 Å². The minimum Gasteiger partial charge on any atom is -0.377 e. The Morgan fingerprint density at radius 1 is 1.33 bits per heavy atom. The Morgan fingerprint density at radius 3 is 2.90 bits per heavy atom. The van der Waals surface area contributed by atoms with E-state index in [0.717, 1.165) is 39.1 Å². The second-order valence-corrected chi connectivity index (χ2v) is 5.95. The number of rotatable bonds is 6. The van der Waals surface area contributed by atoms with Gasteiger partial charge in [0, 0.05) is 31.4 Å². The Morgan fingerprint density at radius 2 is 2.14 bits per heavy atom. The van der Waals surface area contributed by atoms with Crippen LogP contribution in [0.2, 0.25) is 0 Å². The van der Waals surface area contributed by atoms with Crippen LogP contribution in [0.15, 0.2) is 24.3 Å². The first-order valence-corrected chi connectivity index (χ1v) is 8.45. The maximum Gasteiger partial charge on any atom is 0.0721 e. The van der Waals surface area contributed by atoms with E-state index < -0.39 is 0 Å². The summed E-state index contributed by atoms with van der Waals surface area (Å²) in [6, 6.07) is 9.31. The van der Waals surface area contributed by atoms with Gasteiger partial charge in [0.2, 0.25) is 0 Å². The van der Waals surface area contributed by atoms with E-state index in [0.29, 0.717) is 12.1 Å². The molecule has 0 aliphatic carbocycles. The number of nitrogens with zero attached hydrogens (tertiary/aromatic N) is 1. The highest BCUT2D eigenvalue weighted by molar-refractivity contribution is 5.55. The summed E-state index contributed by atoms with van der Waals surface area (Å²) in [4.78, 5) is 2.50. The average molecular weight is 290 g/mol. The van der Waals surface area contributed by atoms with E-state index >= 15 is 0 Å². The highest BCUT2D eigenvalue weighted by atomic mass is 16.5. The second kappa shape index (κ2) is 8.40. The fourth-order valence-corrected chi connectivity index (χ4v) is 3.08. The fourth-order valence-electron chi connectivity index (χ4n) is 3.08. The van der Waals surface area contributed by atoms with Crippen LogP contribution in [-0.2, 0) is 4.74 Å². The van der Waals surface area contributed by atoms with E-state index in [2.05, 4.69) is 55.3 Å². The smallest absolute Gasteiger partial charge is 0.0721 e. The van der Waals surface area contributed by atoms with Crippen LogP contribution in [0.25, 0.3) is 0 Å². The summed E-state index contributed by atoms with van der Waals surface area (Å²) >= 11 is 0. The van der Waals surface area contributed by atoms with Crippen molar-refractivity contribution in [1.82, 2.24) is 5.32 Å². The Bertz CT molecular complexity index is 421. The standard InChI is InChI=1S/C18H30N2O/c1-4-11-19-17(5-2)16-9-6-7-10-18(16)20-12-8-13-21-15(3)14-20/h6-7,9-10,15,17,19H,4-5,8,11-14H2,1-3H3. The third-order valence-electron chi connectivity index (χ3n) is 4.15. The van der Waals surface area contributed by atoms with Crippen LogP contribution >= 0.6 is 0 Å². The first-order valence-electron chi connectivity index (χ1n) is 8.45. The predicted octanol–water partition coefficient (Wildman–Crippen LogP) is 3.75. The van der Waals surface area contributed by atoms with E-state index in [1.165, 1.54) is 17.7 Å². The summed E-state index contributed by atoms with van der Waals surface area (Å²) in [5.74, 6) is 0. The van der Waals surface area contributed by atoms with Gasteiger partial charge in [0.15, 0.2) is 0 Å². The predicted molar refractivity (Wildman–Crippen MR) is 90.0 cm³/mol. The Balaban J connectivity index is 2.22. The third kappa shape index (κ3) is 4.45. The van der Waals surface area contributed by atoms with Gasteiger partial charge in [0.1, 0.15) is 0 Å². The van der Waals surface area contributed by atoms with Crippen LogP contribution in [0.4, 0.5) is 5.69 Å². The summed E-state index contributed by atoms with van der Waals surface area (Å²) in [5, 5.41) is 3.68. The second-order valence-electron chi connectivity index (χ2n) is 5.95. The van der Waals surface area contributed by atoms with Gasteiger partial charge in [-0.2, -0.15) is 0 Å². The molecule has 1 N–H and O–H groups in total. The van der Waals surface area contributed by atoms with Gasteiger partial charge in [0.25, 0.3) is 0 Å². The van der Waals surface area contributed by atoms with Crippen molar-refractivity contribution in [1.29, 1.82) is 0 Å². The molecule has 3 nitrogen and oxygen atoms in total. The highest BCUT2D eigenvalue weighted by Gasteiger charge is 2.20. The summed E-state index contributed by atoms with van der Waals surface area (Å²) in [7, 11) is 0. The van der Waals surface area contributed by atoms with Gasteiger partial charge in [-0.25, -0.2) is 0 Å². The molecule has 0 saturated carbocycles. The van der Waals surface area contributed by atoms with Crippen LogP contribution in [0, 0.1) is 0 Å². The molecule has 0 spiro atoms. The van der Waals surface area contributed by atoms with Crippen LogP contribution in [0.3, 0.4) is 0 Å². The van der Waals surface area contributed by atoms with Crippen LogP contribution in [-0.4, -0.2) is 32.3 Å². The van der Waals surface area contributed by atoms with Crippen molar-refractivity contribution in [3.05, 3.63) is 29.8 Å². The Hall–Kier alpha value is -1.06. The zero-order valence-electron chi connectivity index (χ0n) is 13.8. The summed E-state index contributed by atoms with van der Waals surface area (Å²) in [6.07, 6.45) is 3.71. The number of ether oxygens (including phenoxy) is 1. The fraction of sp³-hybridized carbons (Fsp3) is 0.667. The molecule has 3 heteroatoms. The number of benzene rings is 1. The summed E-state index contributed by atoms with van der Waals surface area (Å²) < 4.78 is 5.79. The Labute approximate surface area is 129 Å². The minimum absolute atomic E-state index is 0.309. The van der Waals surface area contributed by atoms with Crippen molar-refractivity contribution in [2.45, 2.75) is 52.2 Å². The van der Waals surface area contributed by atoms with Gasteiger partial charge >= 0.3 is 0 Å². The van der Waals surface area contributed by atoms with E-state index in [-0.39, 0.29) is 0 Å². The van der Waals surface area contributed by atoms with Crippen molar-refractivity contribution in [3.63, 3.8) is 0 Å². The first-order chi connectivity index (χ1) is 10.3.